The van der Waals surface area contributed by atoms with Crippen LogP contribution in [-0.2, 0) is 22.6 Å². The molecular formula is C29H40N4O4. The van der Waals surface area contributed by atoms with Gasteiger partial charge in [-0.25, -0.2) is 0 Å². The minimum Gasteiger partial charge on any atom is -0.507 e. The Balaban J connectivity index is 1.28. The van der Waals surface area contributed by atoms with Crippen molar-refractivity contribution in [1.29, 1.82) is 0 Å². The van der Waals surface area contributed by atoms with E-state index in [9.17, 15) is 10.2 Å². The third-order valence-electron chi connectivity index (χ3n) is 6.76. The average Bonchev–Trinajstić information content (AvgIpc) is 2.89. The Morgan fingerprint density at radius 3 is 1.51 bits per heavy atom. The summed E-state index contributed by atoms with van der Waals surface area (Å²) in [5.41, 5.74) is 5.59. The quantitative estimate of drug-likeness (QED) is 0.378. The van der Waals surface area contributed by atoms with Crippen molar-refractivity contribution in [1.82, 2.24) is 9.80 Å². The molecule has 0 unspecified atom stereocenters. The van der Waals surface area contributed by atoms with E-state index in [-0.39, 0.29) is 0 Å². The first-order chi connectivity index (χ1) is 18.0. The van der Waals surface area contributed by atoms with Crippen LogP contribution in [-0.4, -0.2) is 98.1 Å². The molecule has 0 saturated carbocycles. The minimum absolute atomic E-state index is 0.307. The van der Waals surface area contributed by atoms with Gasteiger partial charge in [-0.15, -0.1) is 0 Å². The highest BCUT2D eigenvalue weighted by atomic mass is 16.5. The van der Waals surface area contributed by atoms with Gasteiger partial charge in [0, 0.05) is 87.0 Å². The zero-order chi connectivity index (χ0) is 26.0. The summed E-state index contributed by atoms with van der Waals surface area (Å²) in [5, 5.41) is 21.6. The summed E-state index contributed by atoms with van der Waals surface area (Å²) in [6.45, 7) is 13.2. The van der Waals surface area contributed by atoms with E-state index in [4.69, 9.17) is 9.47 Å². The Morgan fingerprint density at radius 2 is 1.11 bits per heavy atom. The van der Waals surface area contributed by atoms with Gasteiger partial charge in [0.05, 0.1) is 26.4 Å². The molecule has 8 nitrogen and oxygen atoms in total. The predicted molar refractivity (Wildman–Crippen MR) is 147 cm³/mol. The normalized spacial score (nSPS) is 17.8. The molecule has 2 aromatic rings. The fourth-order valence-electron chi connectivity index (χ4n) is 4.79. The van der Waals surface area contributed by atoms with Crippen LogP contribution in [0.2, 0.25) is 0 Å². The summed E-state index contributed by atoms with van der Waals surface area (Å²) in [6, 6.07) is 8.03. The molecule has 2 aliphatic rings. The van der Waals surface area contributed by atoms with Crippen molar-refractivity contribution >= 4 is 12.4 Å². The maximum Gasteiger partial charge on any atom is 0.128 e. The third kappa shape index (κ3) is 8.10. The fourth-order valence-corrected chi connectivity index (χ4v) is 4.79. The number of hydrogen-bond acceptors (Lipinski definition) is 8. The van der Waals surface area contributed by atoms with Crippen LogP contribution in [0, 0.1) is 13.8 Å². The molecule has 0 atom stereocenters. The lowest BCUT2D eigenvalue weighted by molar-refractivity contribution is 0.0338. The molecular weight excluding hydrogens is 468 g/mol. The monoisotopic (exact) mass is 508 g/mol. The van der Waals surface area contributed by atoms with Gasteiger partial charge in [-0.3, -0.25) is 19.8 Å². The summed E-state index contributed by atoms with van der Waals surface area (Å²) in [6.07, 6.45) is 4.31. The fraction of sp³-hybridized carbons (Fsp3) is 0.517. The number of benzene rings is 2. The van der Waals surface area contributed by atoms with Gasteiger partial charge < -0.3 is 19.7 Å². The van der Waals surface area contributed by atoms with E-state index in [0.29, 0.717) is 37.7 Å². The van der Waals surface area contributed by atoms with Gasteiger partial charge in [-0.2, -0.15) is 0 Å². The van der Waals surface area contributed by atoms with Gasteiger partial charge >= 0.3 is 0 Å². The number of ether oxygens (including phenoxy) is 2. The van der Waals surface area contributed by atoms with Crippen molar-refractivity contribution < 1.29 is 19.7 Å². The number of aromatic hydroxyl groups is 2. The van der Waals surface area contributed by atoms with Gasteiger partial charge in [0.1, 0.15) is 11.5 Å². The Morgan fingerprint density at radius 1 is 0.703 bits per heavy atom. The van der Waals surface area contributed by atoms with Gasteiger partial charge in [0.15, 0.2) is 0 Å². The molecule has 0 spiro atoms. The van der Waals surface area contributed by atoms with E-state index < -0.39 is 0 Å². The van der Waals surface area contributed by atoms with Gasteiger partial charge in [-0.05, 0) is 43.5 Å². The van der Waals surface area contributed by atoms with Crippen molar-refractivity contribution in [2.45, 2.75) is 33.4 Å². The van der Waals surface area contributed by atoms with Crippen LogP contribution in [0.5, 0.6) is 11.5 Å². The molecule has 200 valence electrons. The van der Waals surface area contributed by atoms with E-state index >= 15 is 0 Å². The largest absolute Gasteiger partial charge is 0.507 e. The summed E-state index contributed by atoms with van der Waals surface area (Å²) >= 11 is 0. The van der Waals surface area contributed by atoms with Crippen molar-refractivity contribution in [3.63, 3.8) is 0 Å². The van der Waals surface area contributed by atoms with E-state index in [1.54, 1.807) is 12.4 Å². The lowest BCUT2D eigenvalue weighted by Gasteiger charge is -2.27. The Labute approximate surface area is 220 Å². The second kappa shape index (κ2) is 13.7. The highest BCUT2D eigenvalue weighted by Crippen LogP contribution is 2.26. The van der Waals surface area contributed by atoms with Crippen LogP contribution >= 0.6 is 0 Å². The van der Waals surface area contributed by atoms with Gasteiger partial charge in [0.2, 0.25) is 0 Å². The molecule has 0 radical (unpaired) electrons. The Kier molecular flexibility index (Phi) is 10.1. The highest BCUT2D eigenvalue weighted by molar-refractivity contribution is 5.85. The number of nitrogens with zero attached hydrogens (tertiary/aromatic N) is 4. The smallest absolute Gasteiger partial charge is 0.128 e. The standard InChI is InChI=1S/C29H40N4O4/c1-22-14-24(28(34)26(16-22)20-32-6-10-36-11-7-32)18-30-4-3-5-31-19-25-15-23(2)17-27(29(25)35)21-33-8-12-37-13-9-33/h14-19,34-35H,3-13,20-21H2,1-2H3. The van der Waals surface area contributed by atoms with E-state index in [0.717, 1.165) is 92.4 Å². The highest BCUT2D eigenvalue weighted by Gasteiger charge is 2.16. The number of morpholine rings is 2. The molecule has 0 bridgehead atoms. The Hall–Kier alpha value is -2.78. The SMILES string of the molecule is Cc1cc(C=NCCCN=Cc2cc(C)cc(CN3CCOCC3)c2O)c(O)c(CN2CCOCC2)c1. The van der Waals surface area contributed by atoms with Crippen molar-refractivity contribution in [3.05, 3.63) is 57.6 Å². The van der Waals surface area contributed by atoms with Gasteiger partial charge in [0.25, 0.3) is 0 Å². The van der Waals surface area contributed by atoms with Crippen LogP contribution in [0.25, 0.3) is 0 Å². The first kappa shape index (κ1) is 27.3. The molecule has 2 heterocycles. The number of aryl methyl sites for hydroxylation is 2. The first-order valence-electron chi connectivity index (χ1n) is 13.2. The molecule has 37 heavy (non-hydrogen) atoms. The summed E-state index contributed by atoms with van der Waals surface area (Å²) in [5.74, 6) is 0.614. The molecule has 2 aliphatic heterocycles. The average molecular weight is 509 g/mol. The van der Waals surface area contributed by atoms with Crippen LogP contribution < -0.4 is 0 Å². The zero-order valence-electron chi connectivity index (χ0n) is 22.2. The molecule has 2 aromatic carbocycles. The maximum atomic E-state index is 10.8. The van der Waals surface area contributed by atoms with Crippen LogP contribution in [0.3, 0.4) is 0 Å². The van der Waals surface area contributed by atoms with E-state index in [2.05, 4.69) is 19.8 Å². The van der Waals surface area contributed by atoms with Gasteiger partial charge in [-0.1, -0.05) is 12.1 Å². The molecule has 0 aliphatic carbocycles. The molecule has 4 rings (SSSR count). The lowest BCUT2D eigenvalue weighted by atomic mass is 10.0. The molecule has 0 aromatic heterocycles. The zero-order valence-corrected chi connectivity index (χ0v) is 22.2. The summed E-state index contributed by atoms with van der Waals surface area (Å²) in [4.78, 5) is 13.7. The predicted octanol–water partition coefficient (Wildman–Crippen LogP) is 3.31. The number of aliphatic imine (C=N–C) groups is 2. The van der Waals surface area contributed by atoms with Crippen molar-refractivity contribution in [3.8, 4) is 11.5 Å². The first-order valence-corrected chi connectivity index (χ1v) is 13.2. The lowest BCUT2D eigenvalue weighted by Crippen LogP contribution is -2.35. The number of rotatable bonds is 10. The maximum absolute atomic E-state index is 10.8. The number of phenols is 2. The number of hydrogen-bond donors (Lipinski definition) is 2. The van der Waals surface area contributed by atoms with E-state index in [1.807, 2.05) is 38.1 Å². The molecule has 2 N–H and O–H groups in total. The summed E-state index contributed by atoms with van der Waals surface area (Å²) < 4.78 is 10.8. The third-order valence-corrected chi connectivity index (χ3v) is 6.76. The molecule has 2 saturated heterocycles. The van der Waals surface area contributed by atoms with Crippen LogP contribution in [0.15, 0.2) is 34.3 Å². The second-order valence-electron chi connectivity index (χ2n) is 9.92. The van der Waals surface area contributed by atoms with Crippen LogP contribution in [0.1, 0.15) is 39.8 Å². The Bertz CT molecular complexity index is 1000. The molecule has 0 amide bonds. The summed E-state index contributed by atoms with van der Waals surface area (Å²) in [7, 11) is 0. The minimum atomic E-state index is 0.307. The van der Waals surface area contributed by atoms with E-state index in [1.165, 1.54) is 0 Å². The van der Waals surface area contributed by atoms with Crippen LogP contribution in [0.4, 0.5) is 0 Å². The van der Waals surface area contributed by atoms with Crippen molar-refractivity contribution in [2.24, 2.45) is 9.98 Å². The topological polar surface area (TPSA) is 90.1 Å². The molecule has 2 fully saturated rings. The number of phenolic OH excluding ortho intramolecular Hbond substituents is 2. The molecule has 8 heteroatoms. The second-order valence-corrected chi connectivity index (χ2v) is 9.92. The van der Waals surface area contributed by atoms with Crippen molar-refractivity contribution in [2.75, 3.05) is 65.7 Å².